The fraction of sp³-hybridized carbons (Fsp3) is 0.118. The minimum Gasteiger partial charge on any atom is -0.480 e. The monoisotopic (exact) mass is 389 g/mol. The van der Waals surface area contributed by atoms with Crippen LogP contribution in [-0.4, -0.2) is 35.4 Å². The predicted octanol–water partition coefficient (Wildman–Crippen LogP) is 2.05. The second kappa shape index (κ2) is 7.17. The molecule has 1 atom stereocenters. The van der Waals surface area contributed by atoms with E-state index in [0.29, 0.717) is 5.56 Å². The Bertz CT molecular complexity index is 1120. The molecule has 0 spiro atoms. The van der Waals surface area contributed by atoms with Gasteiger partial charge in [-0.1, -0.05) is 24.3 Å². The highest BCUT2D eigenvalue weighted by atomic mass is 32.2. The average molecular weight is 389 g/mol. The molecule has 0 aliphatic rings. The Kier molecular flexibility index (Phi) is 4.93. The van der Waals surface area contributed by atoms with Gasteiger partial charge in [-0.3, -0.25) is 14.9 Å². The van der Waals surface area contributed by atoms with E-state index in [-0.39, 0.29) is 11.3 Å². The number of aliphatic carboxylic acids is 1. The number of sulfonamides is 1. The van der Waals surface area contributed by atoms with Crippen LogP contribution in [0.2, 0.25) is 0 Å². The third kappa shape index (κ3) is 3.96. The van der Waals surface area contributed by atoms with Gasteiger partial charge in [0.15, 0.2) is 0 Å². The summed E-state index contributed by atoms with van der Waals surface area (Å²) in [7, 11) is -4.26. The summed E-state index contributed by atoms with van der Waals surface area (Å²) in [6, 6.07) is 10.2. The van der Waals surface area contributed by atoms with Crippen molar-refractivity contribution in [2.45, 2.75) is 17.4 Å². The van der Waals surface area contributed by atoms with Crippen LogP contribution >= 0.6 is 0 Å². The minimum absolute atomic E-state index is 0.0898. The maximum Gasteiger partial charge on any atom is 0.322 e. The summed E-state index contributed by atoms with van der Waals surface area (Å²) >= 11 is 0. The summed E-state index contributed by atoms with van der Waals surface area (Å²) in [5.41, 5.74) is 1.04. The van der Waals surface area contributed by atoms with Gasteiger partial charge in [-0.05, 0) is 17.7 Å². The summed E-state index contributed by atoms with van der Waals surface area (Å²) < 4.78 is 27.1. The van der Waals surface area contributed by atoms with Crippen LogP contribution in [0, 0.1) is 10.1 Å². The molecule has 27 heavy (non-hydrogen) atoms. The SMILES string of the molecule is O=C(O)[C@@H](Cc1c[nH]c2ccccc12)NS(=O)(=O)c1cccc([N+](=O)[O-])c1. The second-order valence-electron chi connectivity index (χ2n) is 5.83. The Morgan fingerprint density at radius 3 is 2.67 bits per heavy atom. The van der Waals surface area contributed by atoms with Crippen molar-refractivity contribution in [3.8, 4) is 0 Å². The van der Waals surface area contributed by atoms with Crippen molar-refractivity contribution in [2.75, 3.05) is 0 Å². The third-order valence-electron chi connectivity index (χ3n) is 4.03. The summed E-state index contributed by atoms with van der Waals surface area (Å²) in [6.07, 6.45) is 1.54. The van der Waals surface area contributed by atoms with Gasteiger partial charge in [0.05, 0.1) is 9.82 Å². The molecule has 0 radical (unpaired) electrons. The van der Waals surface area contributed by atoms with Gasteiger partial charge in [-0.15, -0.1) is 0 Å². The van der Waals surface area contributed by atoms with E-state index in [1.165, 1.54) is 12.1 Å². The zero-order valence-corrected chi connectivity index (χ0v) is 14.6. The lowest BCUT2D eigenvalue weighted by atomic mass is 10.1. The first-order chi connectivity index (χ1) is 12.8. The predicted molar refractivity (Wildman–Crippen MR) is 96.8 cm³/mol. The first-order valence-corrected chi connectivity index (χ1v) is 9.31. The van der Waals surface area contributed by atoms with Crippen molar-refractivity contribution in [3.63, 3.8) is 0 Å². The van der Waals surface area contributed by atoms with Crippen LogP contribution in [0.5, 0.6) is 0 Å². The van der Waals surface area contributed by atoms with Gasteiger partial charge in [0.25, 0.3) is 5.69 Å². The zero-order chi connectivity index (χ0) is 19.6. The number of para-hydroxylation sites is 1. The van der Waals surface area contributed by atoms with E-state index in [1.54, 1.807) is 18.3 Å². The first kappa shape index (κ1) is 18.5. The second-order valence-corrected chi connectivity index (χ2v) is 7.54. The molecular weight excluding hydrogens is 374 g/mol. The number of rotatable bonds is 7. The number of aromatic nitrogens is 1. The summed E-state index contributed by atoms with van der Waals surface area (Å²) in [5, 5.41) is 21.1. The largest absolute Gasteiger partial charge is 0.480 e. The molecular formula is C17H15N3O6S. The van der Waals surface area contributed by atoms with E-state index in [9.17, 15) is 28.4 Å². The van der Waals surface area contributed by atoms with E-state index < -0.39 is 32.6 Å². The number of nitrogens with zero attached hydrogens (tertiary/aromatic N) is 1. The van der Waals surface area contributed by atoms with Crippen molar-refractivity contribution in [2.24, 2.45) is 0 Å². The molecule has 0 saturated carbocycles. The minimum atomic E-state index is -4.26. The number of fused-ring (bicyclic) bond motifs is 1. The molecule has 9 nitrogen and oxygen atoms in total. The number of non-ortho nitro benzene ring substituents is 1. The lowest BCUT2D eigenvalue weighted by Crippen LogP contribution is -2.42. The number of benzene rings is 2. The molecule has 3 N–H and O–H groups in total. The number of aromatic amines is 1. The maximum absolute atomic E-state index is 12.5. The molecule has 0 saturated heterocycles. The summed E-state index contributed by atoms with van der Waals surface area (Å²) in [5.74, 6) is -1.35. The van der Waals surface area contributed by atoms with Crippen LogP contribution in [-0.2, 0) is 21.2 Å². The van der Waals surface area contributed by atoms with Gasteiger partial charge in [0.2, 0.25) is 10.0 Å². The number of nitro benzene ring substituents is 1. The fourth-order valence-corrected chi connectivity index (χ4v) is 3.95. The topological polar surface area (TPSA) is 142 Å². The number of hydrogen-bond acceptors (Lipinski definition) is 5. The zero-order valence-electron chi connectivity index (χ0n) is 13.8. The van der Waals surface area contributed by atoms with Gasteiger partial charge < -0.3 is 10.1 Å². The lowest BCUT2D eigenvalue weighted by molar-refractivity contribution is -0.385. The Morgan fingerprint density at radius 1 is 1.22 bits per heavy atom. The van der Waals surface area contributed by atoms with Crippen LogP contribution in [0.15, 0.2) is 59.6 Å². The van der Waals surface area contributed by atoms with Crippen molar-refractivity contribution < 1.29 is 23.2 Å². The van der Waals surface area contributed by atoms with Crippen molar-refractivity contribution in [3.05, 3.63) is 70.4 Å². The molecule has 140 valence electrons. The van der Waals surface area contributed by atoms with E-state index in [0.717, 1.165) is 23.0 Å². The molecule has 1 heterocycles. The number of carbonyl (C=O) groups is 1. The highest BCUT2D eigenvalue weighted by Crippen LogP contribution is 2.21. The number of hydrogen-bond donors (Lipinski definition) is 3. The number of H-pyrrole nitrogens is 1. The molecule has 0 bridgehead atoms. The lowest BCUT2D eigenvalue weighted by Gasteiger charge is -2.14. The van der Waals surface area contributed by atoms with Crippen LogP contribution in [0.3, 0.4) is 0 Å². The van der Waals surface area contributed by atoms with E-state index in [2.05, 4.69) is 9.71 Å². The Morgan fingerprint density at radius 2 is 1.96 bits per heavy atom. The maximum atomic E-state index is 12.5. The average Bonchev–Trinajstić information content (AvgIpc) is 3.04. The molecule has 0 amide bonds. The smallest absolute Gasteiger partial charge is 0.322 e. The highest BCUT2D eigenvalue weighted by Gasteiger charge is 2.27. The van der Waals surface area contributed by atoms with Gasteiger partial charge in [0.1, 0.15) is 6.04 Å². The Balaban J connectivity index is 1.89. The number of nitrogens with one attached hydrogen (secondary N) is 2. The van der Waals surface area contributed by atoms with Gasteiger partial charge in [-0.25, -0.2) is 8.42 Å². The molecule has 0 fully saturated rings. The molecule has 0 unspecified atom stereocenters. The van der Waals surface area contributed by atoms with Crippen molar-refractivity contribution in [1.29, 1.82) is 0 Å². The van der Waals surface area contributed by atoms with E-state index in [1.807, 2.05) is 12.1 Å². The number of nitro groups is 1. The molecule has 1 aromatic heterocycles. The Labute approximate surface area is 153 Å². The van der Waals surface area contributed by atoms with Crippen molar-refractivity contribution in [1.82, 2.24) is 9.71 Å². The van der Waals surface area contributed by atoms with Crippen LogP contribution < -0.4 is 4.72 Å². The highest BCUT2D eigenvalue weighted by molar-refractivity contribution is 7.89. The number of carboxylic acids is 1. The Hall–Kier alpha value is -3.24. The number of carboxylic acid groups (broad SMARTS) is 1. The molecule has 3 rings (SSSR count). The molecule has 3 aromatic rings. The molecule has 2 aromatic carbocycles. The normalized spacial score (nSPS) is 12.7. The van der Waals surface area contributed by atoms with Crippen LogP contribution in [0.25, 0.3) is 10.9 Å². The van der Waals surface area contributed by atoms with Gasteiger partial charge in [0, 0.05) is 35.7 Å². The van der Waals surface area contributed by atoms with E-state index >= 15 is 0 Å². The van der Waals surface area contributed by atoms with Gasteiger partial charge in [-0.2, -0.15) is 4.72 Å². The van der Waals surface area contributed by atoms with Crippen molar-refractivity contribution >= 4 is 32.6 Å². The quantitative estimate of drug-likeness (QED) is 0.417. The molecule has 10 heteroatoms. The van der Waals surface area contributed by atoms with E-state index in [4.69, 9.17) is 0 Å². The summed E-state index contributed by atoms with van der Waals surface area (Å²) in [4.78, 5) is 24.3. The fourth-order valence-electron chi connectivity index (χ4n) is 2.72. The molecule has 0 aliphatic heterocycles. The first-order valence-electron chi connectivity index (χ1n) is 7.82. The summed E-state index contributed by atoms with van der Waals surface area (Å²) in [6.45, 7) is 0. The molecule has 0 aliphatic carbocycles. The standard InChI is InChI=1S/C17H15N3O6S/c21-17(22)16(8-11-10-18-15-7-2-1-6-14(11)15)19-27(25,26)13-5-3-4-12(9-13)20(23)24/h1-7,9-10,16,18-19H,8H2,(H,21,22)/t16-/m1/s1. The van der Waals surface area contributed by atoms with Crippen LogP contribution in [0.4, 0.5) is 5.69 Å². The third-order valence-corrected chi connectivity index (χ3v) is 5.50. The van der Waals surface area contributed by atoms with Gasteiger partial charge >= 0.3 is 5.97 Å². The van der Waals surface area contributed by atoms with Crippen LogP contribution in [0.1, 0.15) is 5.56 Å².